The summed E-state index contributed by atoms with van der Waals surface area (Å²) >= 11 is 5.81. The molecule has 0 saturated heterocycles. The summed E-state index contributed by atoms with van der Waals surface area (Å²) in [5.41, 5.74) is -0.493. The molecule has 108 valence electrons. The summed E-state index contributed by atoms with van der Waals surface area (Å²) in [4.78, 5) is 33.4. The molecule has 1 aromatic carbocycles. The molecule has 7 heteroatoms. The summed E-state index contributed by atoms with van der Waals surface area (Å²) in [6, 6.07) is 3.87. The van der Waals surface area contributed by atoms with Gasteiger partial charge in [-0.3, -0.25) is 10.1 Å². The van der Waals surface area contributed by atoms with Crippen LogP contribution in [0.4, 0.5) is 10.5 Å². The third kappa shape index (κ3) is 4.55. The first-order chi connectivity index (χ1) is 9.10. The molecule has 1 aromatic rings. The van der Waals surface area contributed by atoms with Crippen LogP contribution in [0.2, 0.25) is 5.02 Å². The highest BCUT2D eigenvalue weighted by Gasteiger charge is 2.19. The van der Waals surface area contributed by atoms with Crippen molar-refractivity contribution in [1.29, 1.82) is 0 Å². The van der Waals surface area contributed by atoms with Crippen LogP contribution in [0.1, 0.15) is 31.1 Å². The molecule has 0 bridgehead atoms. The number of Topliss-reactive ketones (excluding diaryl/α,β-unsaturated/α-hetero) is 1. The molecule has 0 aliphatic rings. The summed E-state index contributed by atoms with van der Waals surface area (Å²) in [5.74, 6) is -2.71. The van der Waals surface area contributed by atoms with Gasteiger partial charge in [0.25, 0.3) is 5.78 Å². The number of carboxylic acid groups (broad SMARTS) is 1. The van der Waals surface area contributed by atoms with Crippen LogP contribution in [0.25, 0.3) is 0 Å². The molecule has 0 spiro atoms. The molecular weight excluding hydrogens is 286 g/mol. The van der Waals surface area contributed by atoms with Gasteiger partial charge in [0.1, 0.15) is 5.60 Å². The second-order valence-corrected chi connectivity index (χ2v) is 5.36. The Bertz CT molecular complexity index is 562. The van der Waals surface area contributed by atoms with Gasteiger partial charge in [-0.15, -0.1) is 0 Å². The van der Waals surface area contributed by atoms with Crippen molar-refractivity contribution in [3.8, 4) is 0 Å². The molecule has 0 aromatic heterocycles. The molecule has 0 atom stereocenters. The fourth-order valence-corrected chi connectivity index (χ4v) is 1.58. The molecule has 1 rings (SSSR count). The van der Waals surface area contributed by atoms with Gasteiger partial charge < -0.3 is 9.84 Å². The number of ketones is 1. The summed E-state index contributed by atoms with van der Waals surface area (Å²) in [6.07, 6.45) is -0.675. The van der Waals surface area contributed by atoms with Gasteiger partial charge >= 0.3 is 12.1 Å². The van der Waals surface area contributed by atoms with E-state index in [1.807, 2.05) is 0 Å². The van der Waals surface area contributed by atoms with Gasteiger partial charge in [0.05, 0.1) is 5.02 Å². The molecule has 0 aliphatic heterocycles. The van der Waals surface area contributed by atoms with Crippen LogP contribution in [0, 0.1) is 0 Å². The first-order valence-electron chi connectivity index (χ1n) is 5.67. The lowest BCUT2D eigenvalue weighted by Crippen LogP contribution is -2.27. The van der Waals surface area contributed by atoms with Crippen LogP contribution in [0.15, 0.2) is 18.2 Å². The van der Waals surface area contributed by atoms with Gasteiger partial charge in [-0.1, -0.05) is 11.6 Å². The number of carbonyl (C=O) groups excluding carboxylic acids is 2. The average Bonchev–Trinajstić information content (AvgIpc) is 2.25. The highest BCUT2D eigenvalue weighted by atomic mass is 35.5. The van der Waals surface area contributed by atoms with E-state index in [4.69, 9.17) is 21.4 Å². The van der Waals surface area contributed by atoms with Gasteiger partial charge in [0.2, 0.25) is 0 Å². The normalized spacial score (nSPS) is 10.8. The molecule has 0 unspecified atom stereocenters. The van der Waals surface area contributed by atoms with E-state index in [9.17, 15) is 14.4 Å². The van der Waals surface area contributed by atoms with E-state index in [0.29, 0.717) is 5.69 Å². The molecule has 2 N–H and O–H groups in total. The van der Waals surface area contributed by atoms with Gasteiger partial charge in [-0.25, -0.2) is 9.59 Å². The average molecular weight is 300 g/mol. The molecular formula is C13H14ClNO5. The second-order valence-electron chi connectivity index (χ2n) is 4.96. The Morgan fingerprint density at radius 2 is 1.85 bits per heavy atom. The summed E-state index contributed by atoms with van der Waals surface area (Å²) < 4.78 is 5.04. The molecule has 6 nitrogen and oxygen atoms in total. The highest BCUT2D eigenvalue weighted by Crippen LogP contribution is 2.22. The van der Waals surface area contributed by atoms with E-state index in [1.54, 1.807) is 20.8 Å². The number of hydrogen-bond donors (Lipinski definition) is 2. The Balaban J connectivity index is 2.86. The first kappa shape index (κ1) is 16.0. The van der Waals surface area contributed by atoms with Crippen molar-refractivity contribution < 1.29 is 24.2 Å². The number of halogens is 1. The molecule has 0 saturated carbocycles. The third-order valence-electron chi connectivity index (χ3n) is 2.05. The van der Waals surface area contributed by atoms with E-state index in [2.05, 4.69) is 5.32 Å². The SMILES string of the molecule is CC(C)(C)OC(=O)Nc1ccc(C(=O)C(=O)O)c(Cl)c1. The number of hydrogen-bond acceptors (Lipinski definition) is 4. The topological polar surface area (TPSA) is 92.7 Å². The van der Waals surface area contributed by atoms with Crippen molar-refractivity contribution in [3.63, 3.8) is 0 Å². The predicted molar refractivity (Wildman–Crippen MR) is 73.3 cm³/mol. The van der Waals surface area contributed by atoms with E-state index < -0.39 is 23.4 Å². The summed E-state index contributed by atoms with van der Waals surface area (Å²) in [6.45, 7) is 5.15. The van der Waals surface area contributed by atoms with Crippen LogP contribution in [-0.4, -0.2) is 28.6 Å². The van der Waals surface area contributed by atoms with Crippen LogP contribution in [0.3, 0.4) is 0 Å². The lowest BCUT2D eigenvalue weighted by atomic mass is 10.1. The van der Waals surface area contributed by atoms with Crippen molar-refractivity contribution in [2.24, 2.45) is 0 Å². The van der Waals surface area contributed by atoms with Crippen molar-refractivity contribution in [3.05, 3.63) is 28.8 Å². The molecule has 0 heterocycles. The third-order valence-corrected chi connectivity index (χ3v) is 2.37. The summed E-state index contributed by atoms with van der Waals surface area (Å²) in [7, 11) is 0. The summed E-state index contributed by atoms with van der Waals surface area (Å²) in [5, 5.41) is 11.0. The maximum Gasteiger partial charge on any atom is 0.412 e. The van der Waals surface area contributed by atoms with Crippen LogP contribution >= 0.6 is 11.6 Å². The van der Waals surface area contributed by atoms with Crippen LogP contribution in [-0.2, 0) is 9.53 Å². The number of rotatable bonds is 3. The minimum atomic E-state index is -1.60. The number of aliphatic carboxylic acids is 1. The number of anilines is 1. The largest absolute Gasteiger partial charge is 0.475 e. The molecule has 0 aliphatic carbocycles. The first-order valence-corrected chi connectivity index (χ1v) is 6.05. The zero-order valence-corrected chi connectivity index (χ0v) is 11.9. The van der Waals surface area contributed by atoms with Gasteiger partial charge in [-0.05, 0) is 39.0 Å². The zero-order valence-electron chi connectivity index (χ0n) is 11.2. The fraction of sp³-hybridized carbons (Fsp3) is 0.308. The minimum absolute atomic E-state index is 0.0639. The minimum Gasteiger partial charge on any atom is -0.475 e. The van der Waals surface area contributed by atoms with Gasteiger partial charge in [-0.2, -0.15) is 0 Å². The maximum atomic E-state index is 11.5. The van der Waals surface area contributed by atoms with Crippen molar-refractivity contribution in [2.45, 2.75) is 26.4 Å². The maximum absolute atomic E-state index is 11.5. The smallest absolute Gasteiger partial charge is 0.412 e. The second kappa shape index (κ2) is 5.92. The Labute approximate surface area is 120 Å². The number of amides is 1. The standard InChI is InChI=1S/C13H14ClNO5/c1-13(2,3)20-12(19)15-7-4-5-8(9(14)6-7)10(16)11(17)18/h4-6H,1-3H3,(H,15,19)(H,17,18). The molecule has 1 amide bonds. The van der Waals surface area contributed by atoms with Crippen molar-refractivity contribution in [2.75, 3.05) is 5.32 Å². The lowest BCUT2D eigenvalue weighted by molar-refractivity contribution is -0.131. The molecule has 0 fully saturated rings. The monoisotopic (exact) mass is 299 g/mol. The quantitative estimate of drug-likeness (QED) is 0.661. The van der Waals surface area contributed by atoms with Gasteiger partial charge in [0.15, 0.2) is 0 Å². The molecule has 0 radical (unpaired) electrons. The number of carboxylic acids is 1. The van der Waals surface area contributed by atoms with E-state index in [-0.39, 0.29) is 10.6 Å². The van der Waals surface area contributed by atoms with E-state index >= 15 is 0 Å². The van der Waals surface area contributed by atoms with Crippen LogP contribution < -0.4 is 5.32 Å². The van der Waals surface area contributed by atoms with Crippen molar-refractivity contribution >= 4 is 35.1 Å². The van der Waals surface area contributed by atoms with E-state index in [1.165, 1.54) is 18.2 Å². The zero-order chi connectivity index (χ0) is 15.5. The Morgan fingerprint density at radius 1 is 1.25 bits per heavy atom. The number of nitrogens with one attached hydrogen (secondary N) is 1. The fourth-order valence-electron chi connectivity index (χ4n) is 1.31. The Kier molecular flexibility index (Phi) is 4.73. The van der Waals surface area contributed by atoms with E-state index in [0.717, 1.165) is 0 Å². The number of ether oxygens (including phenoxy) is 1. The number of benzene rings is 1. The molecule has 20 heavy (non-hydrogen) atoms. The Hall–Kier alpha value is -2.08. The Morgan fingerprint density at radius 3 is 2.30 bits per heavy atom. The van der Waals surface area contributed by atoms with Crippen molar-refractivity contribution in [1.82, 2.24) is 0 Å². The predicted octanol–water partition coefficient (Wildman–Crippen LogP) is 2.95. The highest BCUT2D eigenvalue weighted by molar-refractivity contribution is 6.45. The van der Waals surface area contributed by atoms with Crippen LogP contribution in [0.5, 0.6) is 0 Å². The van der Waals surface area contributed by atoms with Gasteiger partial charge in [0, 0.05) is 11.3 Å². The lowest BCUT2D eigenvalue weighted by Gasteiger charge is -2.19. The number of carbonyl (C=O) groups is 3.